The van der Waals surface area contributed by atoms with Crippen molar-refractivity contribution in [2.24, 2.45) is 0 Å². The fourth-order valence-corrected chi connectivity index (χ4v) is 1.12. The second-order valence-corrected chi connectivity index (χ2v) is 3.66. The predicted octanol–water partition coefficient (Wildman–Crippen LogP) is 2.14. The van der Waals surface area contributed by atoms with Crippen LogP contribution in [-0.2, 0) is 4.57 Å². The minimum absolute atomic E-state index is 0.749. The molecule has 9 heavy (non-hydrogen) atoms. The number of unbranched alkanes of at least 4 members (excludes halogenated alkanes) is 1. The molecule has 1 unspecified atom stereocenters. The summed E-state index contributed by atoms with van der Waals surface area (Å²) in [5.41, 5.74) is 0. The summed E-state index contributed by atoms with van der Waals surface area (Å²) in [6.45, 7) is 4.96. The van der Waals surface area contributed by atoms with E-state index in [0.29, 0.717) is 0 Å². The average Bonchev–Trinajstić information content (AvgIpc) is 1.89. The molecule has 0 spiro atoms. The molecule has 0 aliphatic heterocycles. The van der Waals surface area contributed by atoms with Gasteiger partial charge in [0.15, 0.2) is 6.16 Å². The van der Waals surface area contributed by atoms with Crippen LogP contribution in [0.5, 0.6) is 0 Å². The van der Waals surface area contributed by atoms with Gasteiger partial charge in [-0.25, -0.2) is 0 Å². The van der Waals surface area contributed by atoms with E-state index < -0.39 is 7.95 Å². The Kier molecular flexibility index (Phi) is 6.23. The summed E-state index contributed by atoms with van der Waals surface area (Å²) in [7, 11) is -1.09. The van der Waals surface area contributed by atoms with E-state index in [4.69, 9.17) is 0 Å². The van der Waals surface area contributed by atoms with Crippen LogP contribution in [0.25, 0.3) is 0 Å². The van der Waals surface area contributed by atoms with Crippen LogP contribution in [0.2, 0.25) is 0 Å². The SMILES string of the molecule is CCCCN[P+](=O)CC. The average molecular weight is 148 g/mol. The Hall–Kier alpha value is 0.0600. The lowest BCUT2D eigenvalue weighted by atomic mass is 10.3. The van der Waals surface area contributed by atoms with Crippen molar-refractivity contribution in [2.75, 3.05) is 12.7 Å². The van der Waals surface area contributed by atoms with Crippen molar-refractivity contribution in [2.45, 2.75) is 26.7 Å². The van der Waals surface area contributed by atoms with E-state index in [1.807, 2.05) is 6.92 Å². The molecule has 0 heterocycles. The Bertz CT molecular complexity index is 85.1. The first-order valence-corrected chi connectivity index (χ1v) is 4.93. The lowest BCUT2D eigenvalue weighted by Crippen LogP contribution is -2.05. The summed E-state index contributed by atoms with van der Waals surface area (Å²) in [4.78, 5) is 0. The monoisotopic (exact) mass is 148 g/mol. The number of hydrogen-bond donors (Lipinski definition) is 1. The fourth-order valence-electron chi connectivity index (χ4n) is 0.492. The smallest absolute Gasteiger partial charge is 0.109 e. The second-order valence-electron chi connectivity index (χ2n) is 1.96. The van der Waals surface area contributed by atoms with Crippen LogP contribution in [0, 0.1) is 0 Å². The zero-order valence-electron chi connectivity index (χ0n) is 6.18. The van der Waals surface area contributed by atoms with Gasteiger partial charge in [-0.05, 0) is 13.3 Å². The molecule has 0 aromatic carbocycles. The molecule has 1 N–H and O–H groups in total. The van der Waals surface area contributed by atoms with Gasteiger partial charge in [0, 0.05) is 6.54 Å². The molecule has 0 amide bonds. The quantitative estimate of drug-likeness (QED) is 0.478. The van der Waals surface area contributed by atoms with Gasteiger partial charge in [0.2, 0.25) is 0 Å². The lowest BCUT2D eigenvalue weighted by Gasteiger charge is -1.88. The van der Waals surface area contributed by atoms with Crippen LogP contribution in [0.1, 0.15) is 26.7 Å². The van der Waals surface area contributed by atoms with E-state index in [2.05, 4.69) is 12.0 Å². The van der Waals surface area contributed by atoms with E-state index in [-0.39, 0.29) is 0 Å². The Labute approximate surface area is 57.9 Å². The highest BCUT2D eigenvalue weighted by atomic mass is 31.1. The molecule has 0 saturated heterocycles. The van der Waals surface area contributed by atoms with Crippen molar-refractivity contribution in [3.63, 3.8) is 0 Å². The molecule has 0 fully saturated rings. The number of hydrogen-bond acceptors (Lipinski definition) is 1. The molecule has 3 heteroatoms. The predicted molar refractivity (Wildman–Crippen MR) is 41.1 cm³/mol. The normalized spacial score (nSPS) is 11.6. The standard InChI is InChI=1S/C6H15NOP/c1-3-5-6-7-9(8)4-2/h3-6H2,1-2H3,(H,7,8)/q+1. The van der Waals surface area contributed by atoms with Crippen LogP contribution in [0.4, 0.5) is 0 Å². The first-order valence-electron chi connectivity index (χ1n) is 3.49. The zero-order valence-corrected chi connectivity index (χ0v) is 7.08. The maximum atomic E-state index is 10.7. The van der Waals surface area contributed by atoms with E-state index in [1.165, 1.54) is 6.42 Å². The Morgan fingerprint density at radius 3 is 2.56 bits per heavy atom. The van der Waals surface area contributed by atoms with Crippen LogP contribution in [0.15, 0.2) is 0 Å². The highest BCUT2D eigenvalue weighted by Gasteiger charge is 2.07. The van der Waals surface area contributed by atoms with E-state index in [1.54, 1.807) is 0 Å². The highest BCUT2D eigenvalue weighted by Crippen LogP contribution is 2.11. The van der Waals surface area contributed by atoms with Crippen molar-refractivity contribution in [3.8, 4) is 0 Å². The number of nitrogens with one attached hydrogen (secondary N) is 1. The third kappa shape index (κ3) is 5.94. The van der Waals surface area contributed by atoms with Crippen molar-refractivity contribution in [3.05, 3.63) is 0 Å². The summed E-state index contributed by atoms with van der Waals surface area (Å²) >= 11 is 0. The molecule has 0 bridgehead atoms. The van der Waals surface area contributed by atoms with Crippen LogP contribution in [0.3, 0.4) is 0 Å². The lowest BCUT2D eigenvalue weighted by molar-refractivity contribution is 0.578. The van der Waals surface area contributed by atoms with Crippen molar-refractivity contribution in [1.29, 1.82) is 0 Å². The molecule has 54 valence electrons. The van der Waals surface area contributed by atoms with Gasteiger partial charge in [0.05, 0.1) is 0 Å². The number of rotatable bonds is 5. The van der Waals surface area contributed by atoms with Gasteiger partial charge in [0.25, 0.3) is 0 Å². The molecular formula is C6H15NOP+. The molecule has 1 atom stereocenters. The summed E-state index contributed by atoms with van der Waals surface area (Å²) in [5.74, 6) is 0. The maximum Gasteiger partial charge on any atom is 0.431 e. The van der Waals surface area contributed by atoms with Gasteiger partial charge >= 0.3 is 7.95 Å². The van der Waals surface area contributed by atoms with Gasteiger partial charge in [-0.15, -0.1) is 5.09 Å². The molecule has 0 aliphatic rings. The minimum Gasteiger partial charge on any atom is -0.109 e. The van der Waals surface area contributed by atoms with E-state index >= 15 is 0 Å². The summed E-state index contributed by atoms with van der Waals surface area (Å²) in [6, 6.07) is 0. The van der Waals surface area contributed by atoms with Crippen molar-refractivity contribution >= 4 is 7.95 Å². The highest BCUT2D eigenvalue weighted by molar-refractivity contribution is 7.42. The van der Waals surface area contributed by atoms with Gasteiger partial charge < -0.3 is 0 Å². The van der Waals surface area contributed by atoms with Gasteiger partial charge in [-0.2, -0.15) is 0 Å². The fraction of sp³-hybridized carbons (Fsp3) is 1.00. The molecule has 2 nitrogen and oxygen atoms in total. The first kappa shape index (κ1) is 9.06. The van der Waals surface area contributed by atoms with E-state index in [9.17, 15) is 4.57 Å². The molecule has 0 saturated carbocycles. The Balaban J connectivity index is 2.97. The first-order chi connectivity index (χ1) is 4.31. The second kappa shape index (κ2) is 6.18. The van der Waals surface area contributed by atoms with Crippen LogP contribution >= 0.6 is 7.95 Å². The van der Waals surface area contributed by atoms with Gasteiger partial charge in [0.1, 0.15) is 0 Å². The van der Waals surface area contributed by atoms with Gasteiger partial charge in [-0.3, -0.25) is 0 Å². The van der Waals surface area contributed by atoms with Crippen LogP contribution < -0.4 is 5.09 Å². The third-order valence-corrected chi connectivity index (χ3v) is 2.26. The zero-order chi connectivity index (χ0) is 7.11. The van der Waals surface area contributed by atoms with Gasteiger partial charge in [-0.1, -0.05) is 17.9 Å². The molecule has 0 rings (SSSR count). The Morgan fingerprint density at radius 1 is 1.44 bits per heavy atom. The summed E-state index contributed by atoms with van der Waals surface area (Å²) < 4.78 is 10.7. The maximum absolute atomic E-state index is 10.7. The Morgan fingerprint density at radius 2 is 2.11 bits per heavy atom. The molecule has 0 aromatic heterocycles. The van der Waals surface area contributed by atoms with Crippen LogP contribution in [-0.4, -0.2) is 12.7 Å². The van der Waals surface area contributed by atoms with E-state index in [0.717, 1.165) is 19.1 Å². The topological polar surface area (TPSA) is 29.1 Å². The third-order valence-electron chi connectivity index (χ3n) is 1.11. The summed E-state index contributed by atoms with van der Waals surface area (Å²) in [5, 5.41) is 2.94. The molecule has 0 radical (unpaired) electrons. The molecule has 0 aliphatic carbocycles. The summed E-state index contributed by atoms with van der Waals surface area (Å²) in [6.07, 6.45) is 3.04. The molecular weight excluding hydrogens is 133 g/mol. The van der Waals surface area contributed by atoms with Crippen molar-refractivity contribution < 1.29 is 4.57 Å². The largest absolute Gasteiger partial charge is 0.431 e. The van der Waals surface area contributed by atoms with Crippen molar-refractivity contribution in [1.82, 2.24) is 5.09 Å². The molecule has 0 aromatic rings. The minimum atomic E-state index is -1.09.